The van der Waals surface area contributed by atoms with E-state index in [0.717, 1.165) is 24.4 Å². The molecule has 21 heavy (non-hydrogen) atoms. The van der Waals surface area contributed by atoms with Crippen LogP contribution in [0.4, 0.5) is 0 Å². The Kier molecular flexibility index (Phi) is 5.16. The van der Waals surface area contributed by atoms with Crippen molar-refractivity contribution >= 4 is 10.0 Å². The number of sulfonamides is 1. The highest BCUT2D eigenvalue weighted by Gasteiger charge is 2.17. The second-order valence-electron chi connectivity index (χ2n) is 4.86. The summed E-state index contributed by atoms with van der Waals surface area (Å²) in [6.45, 7) is 3.85. The Bertz CT molecular complexity index is 661. The van der Waals surface area contributed by atoms with Crippen molar-refractivity contribution in [1.82, 2.24) is 24.6 Å². The van der Waals surface area contributed by atoms with Gasteiger partial charge in [0.05, 0.1) is 17.8 Å². The molecule has 0 aliphatic heterocycles. The zero-order valence-corrected chi connectivity index (χ0v) is 13.1. The van der Waals surface area contributed by atoms with Crippen molar-refractivity contribution in [1.29, 1.82) is 0 Å². The number of hydrogen-bond donors (Lipinski definition) is 3. The molecule has 2 rings (SSSR count). The maximum absolute atomic E-state index is 12.2. The number of imidazole rings is 1. The fraction of sp³-hybridized carbons (Fsp3) is 0.462. The standard InChI is InChI=1S/C13H21N5O2S/c1-3-4-14-8-12-5-13(9-18(12)2)21(19,20)17-7-11-6-15-10-16-11/h5-6,9-10,14,17H,3-4,7-8H2,1-2H3,(H,15,16). The van der Waals surface area contributed by atoms with Gasteiger partial charge in [-0.05, 0) is 19.0 Å². The second-order valence-corrected chi connectivity index (χ2v) is 6.62. The van der Waals surface area contributed by atoms with Gasteiger partial charge in [-0.3, -0.25) is 0 Å². The minimum absolute atomic E-state index is 0.195. The number of nitrogens with zero attached hydrogens (tertiary/aromatic N) is 2. The second kappa shape index (κ2) is 6.88. The van der Waals surface area contributed by atoms with Gasteiger partial charge in [-0.2, -0.15) is 0 Å². The molecule has 0 spiro atoms. The first kappa shape index (κ1) is 15.7. The number of rotatable bonds is 8. The minimum atomic E-state index is -3.52. The highest BCUT2D eigenvalue weighted by Crippen LogP contribution is 2.13. The van der Waals surface area contributed by atoms with Gasteiger partial charge in [0.15, 0.2) is 0 Å². The van der Waals surface area contributed by atoms with E-state index < -0.39 is 10.0 Å². The quantitative estimate of drug-likeness (QED) is 0.627. The molecule has 0 aromatic carbocycles. The van der Waals surface area contributed by atoms with Gasteiger partial charge in [-0.15, -0.1) is 0 Å². The summed E-state index contributed by atoms with van der Waals surface area (Å²) in [5.74, 6) is 0. The van der Waals surface area contributed by atoms with Gasteiger partial charge in [0.25, 0.3) is 0 Å². The lowest BCUT2D eigenvalue weighted by Crippen LogP contribution is -2.23. The van der Waals surface area contributed by atoms with Crippen molar-refractivity contribution in [3.63, 3.8) is 0 Å². The van der Waals surface area contributed by atoms with E-state index in [-0.39, 0.29) is 11.4 Å². The topological polar surface area (TPSA) is 91.8 Å². The van der Waals surface area contributed by atoms with Crippen molar-refractivity contribution < 1.29 is 8.42 Å². The molecule has 0 aliphatic carbocycles. The molecule has 0 bridgehead atoms. The van der Waals surface area contributed by atoms with E-state index in [1.165, 1.54) is 6.33 Å². The van der Waals surface area contributed by atoms with Crippen molar-refractivity contribution in [3.8, 4) is 0 Å². The average Bonchev–Trinajstić information content (AvgIpc) is 3.07. The molecular formula is C13H21N5O2S. The largest absolute Gasteiger partial charge is 0.352 e. The van der Waals surface area contributed by atoms with Gasteiger partial charge in [0, 0.05) is 37.4 Å². The summed E-state index contributed by atoms with van der Waals surface area (Å²) in [6.07, 6.45) is 5.77. The first-order chi connectivity index (χ1) is 10.0. The third-order valence-electron chi connectivity index (χ3n) is 3.13. The molecule has 2 aromatic rings. The van der Waals surface area contributed by atoms with Gasteiger partial charge in [-0.25, -0.2) is 18.1 Å². The zero-order chi connectivity index (χ0) is 15.3. The Labute approximate surface area is 124 Å². The molecule has 0 unspecified atom stereocenters. The van der Waals surface area contributed by atoms with Crippen LogP contribution in [-0.4, -0.2) is 29.5 Å². The molecule has 2 aromatic heterocycles. The van der Waals surface area contributed by atoms with Crippen LogP contribution in [0.2, 0.25) is 0 Å². The summed E-state index contributed by atoms with van der Waals surface area (Å²) in [7, 11) is -1.67. The molecule has 0 saturated heterocycles. The molecular weight excluding hydrogens is 290 g/mol. The molecule has 8 heteroatoms. The van der Waals surface area contributed by atoms with Crippen LogP contribution in [0, 0.1) is 0 Å². The molecule has 2 heterocycles. The number of aryl methyl sites for hydroxylation is 1. The zero-order valence-electron chi connectivity index (χ0n) is 12.3. The first-order valence-electron chi connectivity index (χ1n) is 6.86. The van der Waals surface area contributed by atoms with E-state index in [1.807, 2.05) is 11.6 Å². The fourth-order valence-corrected chi connectivity index (χ4v) is 3.03. The van der Waals surface area contributed by atoms with E-state index in [0.29, 0.717) is 6.54 Å². The lowest BCUT2D eigenvalue weighted by atomic mass is 10.4. The van der Waals surface area contributed by atoms with Crippen LogP contribution in [0.1, 0.15) is 24.7 Å². The predicted molar refractivity (Wildman–Crippen MR) is 80.0 cm³/mol. The third kappa shape index (κ3) is 4.16. The minimum Gasteiger partial charge on any atom is -0.352 e. The molecule has 7 nitrogen and oxygen atoms in total. The summed E-state index contributed by atoms with van der Waals surface area (Å²) >= 11 is 0. The molecule has 0 radical (unpaired) electrons. The maximum atomic E-state index is 12.2. The van der Waals surface area contributed by atoms with E-state index in [4.69, 9.17) is 0 Å². The number of H-pyrrole nitrogens is 1. The summed E-state index contributed by atoms with van der Waals surface area (Å²) in [5.41, 5.74) is 1.66. The van der Waals surface area contributed by atoms with Crippen molar-refractivity contribution in [2.45, 2.75) is 31.3 Å². The van der Waals surface area contributed by atoms with Gasteiger partial charge in [0.1, 0.15) is 0 Å². The SMILES string of the molecule is CCCNCc1cc(S(=O)(=O)NCc2cnc[nH]2)cn1C. The van der Waals surface area contributed by atoms with Crippen molar-refractivity contribution in [2.75, 3.05) is 6.54 Å². The summed E-state index contributed by atoms with van der Waals surface area (Å²) in [5, 5.41) is 3.26. The van der Waals surface area contributed by atoms with Gasteiger partial charge in [-0.1, -0.05) is 6.92 Å². The highest BCUT2D eigenvalue weighted by molar-refractivity contribution is 7.89. The van der Waals surface area contributed by atoms with E-state index >= 15 is 0 Å². The van der Waals surface area contributed by atoms with Crippen LogP contribution in [-0.2, 0) is 30.2 Å². The number of aromatic nitrogens is 3. The summed E-state index contributed by atoms with van der Waals surface area (Å²) in [6, 6.07) is 1.69. The Balaban J connectivity index is 2.04. The summed E-state index contributed by atoms with van der Waals surface area (Å²) < 4.78 is 28.9. The number of hydrogen-bond acceptors (Lipinski definition) is 4. The number of aromatic amines is 1. The van der Waals surface area contributed by atoms with Crippen LogP contribution in [0.25, 0.3) is 0 Å². The third-order valence-corrected chi connectivity index (χ3v) is 4.50. The molecule has 0 fully saturated rings. The highest BCUT2D eigenvalue weighted by atomic mass is 32.2. The van der Waals surface area contributed by atoms with Crippen LogP contribution >= 0.6 is 0 Å². The lowest BCUT2D eigenvalue weighted by Gasteiger charge is -2.03. The molecule has 0 amide bonds. The van der Waals surface area contributed by atoms with E-state index in [9.17, 15) is 8.42 Å². The Morgan fingerprint density at radius 2 is 2.19 bits per heavy atom. The molecule has 0 saturated carbocycles. The summed E-state index contributed by atoms with van der Waals surface area (Å²) in [4.78, 5) is 6.99. The molecule has 0 atom stereocenters. The van der Waals surface area contributed by atoms with Crippen LogP contribution in [0.3, 0.4) is 0 Å². The van der Waals surface area contributed by atoms with Gasteiger partial charge >= 0.3 is 0 Å². The molecule has 0 aliphatic rings. The monoisotopic (exact) mass is 311 g/mol. The normalized spacial score (nSPS) is 11.9. The first-order valence-corrected chi connectivity index (χ1v) is 8.34. The number of nitrogens with one attached hydrogen (secondary N) is 3. The molecule has 116 valence electrons. The van der Waals surface area contributed by atoms with Crippen molar-refractivity contribution in [2.24, 2.45) is 7.05 Å². The predicted octanol–water partition coefficient (Wildman–Crippen LogP) is 0.726. The average molecular weight is 311 g/mol. The Morgan fingerprint density at radius 3 is 2.86 bits per heavy atom. The molecule has 3 N–H and O–H groups in total. The Morgan fingerprint density at radius 1 is 1.38 bits per heavy atom. The van der Waals surface area contributed by atoms with Crippen LogP contribution < -0.4 is 10.0 Å². The van der Waals surface area contributed by atoms with E-state index in [2.05, 4.69) is 26.9 Å². The van der Waals surface area contributed by atoms with Crippen LogP contribution in [0.5, 0.6) is 0 Å². The van der Waals surface area contributed by atoms with E-state index in [1.54, 1.807) is 18.5 Å². The lowest BCUT2D eigenvalue weighted by molar-refractivity contribution is 0.580. The maximum Gasteiger partial charge on any atom is 0.242 e. The Hall–Kier alpha value is -1.64. The smallest absolute Gasteiger partial charge is 0.242 e. The fourth-order valence-electron chi connectivity index (χ4n) is 1.93. The van der Waals surface area contributed by atoms with Gasteiger partial charge in [0.2, 0.25) is 10.0 Å². The van der Waals surface area contributed by atoms with Gasteiger partial charge < -0.3 is 14.9 Å². The van der Waals surface area contributed by atoms with Crippen LogP contribution in [0.15, 0.2) is 29.7 Å². The van der Waals surface area contributed by atoms with Crippen molar-refractivity contribution in [3.05, 3.63) is 36.2 Å².